The lowest BCUT2D eigenvalue weighted by atomic mass is 10.2. The lowest BCUT2D eigenvalue weighted by Crippen LogP contribution is -2.43. The third kappa shape index (κ3) is 5.17. The highest BCUT2D eigenvalue weighted by molar-refractivity contribution is 7.89. The SMILES string of the molecule is COc1ccccc1NC(=O)[C@H](C)OC(=O)[C@@H]1CCCN1S(=O)(=O)c1ccc(Cl)cc1. The lowest BCUT2D eigenvalue weighted by Gasteiger charge is -2.24. The number of methoxy groups -OCH3 is 1. The molecule has 1 saturated heterocycles. The van der Waals surface area contributed by atoms with Crippen molar-refractivity contribution in [2.24, 2.45) is 0 Å². The molecule has 1 aliphatic rings. The number of rotatable bonds is 7. The zero-order chi connectivity index (χ0) is 22.6. The second kappa shape index (κ2) is 9.67. The summed E-state index contributed by atoms with van der Waals surface area (Å²) < 4.78 is 37.6. The quantitative estimate of drug-likeness (QED) is 0.629. The number of sulfonamides is 1. The van der Waals surface area contributed by atoms with Gasteiger partial charge in [0.2, 0.25) is 10.0 Å². The van der Waals surface area contributed by atoms with Crippen molar-refractivity contribution in [3.63, 3.8) is 0 Å². The molecule has 31 heavy (non-hydrogen) atoms. The molecule has 1 N–H and O–H groups in total. The largest absolute Gasteiger partial charge is 0.495 e. The third-order valence-corrected chi connectivity index (χ3v) is 7.10. The van der Waals surface area contributed by atoms with Crippen molar-refractivity contribution < 1.29 is 27.5 Å². The van der Waals surface area contributed by atoms with Crippen LogP contribution in [0.3, 0.4) is 0 Å². The Bertz CT molecular complexity index is 1060. The molecule has 1 aliphatic heterocycles. The molecular formula is C21H23ClN2O6S. The van der Waals surface area contributed by atoms with Gasteiger partial charge in [0.05, 0.1) is 17.7 Å². The third-order valence-electron chi connectivity index (χ3n) is 4.92. The highest BCUT2D eigenvalue weighted by atomic mass is 35.5. The van der Waals surface area contributed by atoms with Gasteiger partial charge in [-0.1, -0.05) is 23.7 Å². The van der Waals surface area contributed by atoms with Crippen molar-refractivity contribution in [3.8, 4) is 5.75 Å². The number of benzene rings is 2. The normalized spacial score (nSPS) is 17.7. The maximum absolute atomic E-state index is 13.0. The number of nitrogens with zero attached hydrogens (tertiary/aromatic N) is 1. The van der Waals surface area contributed by atoms with Crippen LogP contribution in [0.1, 0.15) is 19.8 Å². The Balaban J connectivity index is 1.68. The number of para-hydroxylation sites is 2. The van der Waals surface area contributed by atoms with Gasteiger partial charge in [0.25, 0.3) is 5.91 Å². The number of carbonyl (C=O) groups excluding carboxylic acids is 2. The van der Waals surface area contributed by atoms with Gasteiger partial charge in [0.15, 0.2) is 6.10 Å². The molecule has 2 aromatic carbocycles. The Morgan fingerprint density at radius 2 is 1.84 bits per heavy atom. The number of hydrogen-bond donors (Lipinski definition) is 1. The summed E-state index contributed by atoms with van der Waals surface area (Å²) in [6.07, 6.45) is -0.306. The van der Waals surface area contributed by atoms with Gasteiger partial charge in [0, 0.05) is 11.6 Å². The van der Waals surface area contributed by atoms with Crippen LogP contribution >= 0.6 is 11.6 Å². The molecule has 2 atom stereocenters. The summed E-state index contributed by atoms with van der Waals surface area (Å²) in [5.74, 6) is -0.855. The van der Waals surface area contributed by atoms with Gasteiger partial charge in [-0.2, -0.15) is 4.31 Å². The van der Waals surface area contributed by atoms with E-state index in [2.05, 4.69) is 5.32 Å². The Morgan fingerprint density at radius 3 is 2.52 bits per heavy atom. The molecule has 166 valence electrons. The monoisotopic (exact) mass is 466 g/mol. The number of nitrogens with one attached hydrogen (secondary N) is 1. The Hall–Kier alpha value is -2.62. The summed E-state index contributed by atoms with van der Waals surface area (Å²) in [6, 6.07) is 11.6. The molecule has 3 rings (SSSR count). The van der Waals surface area contributed by atoms with Crippen LogP contribution in [-0.2, 0) is 24.3 Å². The average molecular weight is 467 g/mol. The van der Waals surface area contributed by atoms with E-state index in [-0.39, 0.29) is 11.4 Å². The first-order chi connectivity index (χ1) is 14.7. The smallest absolute Gasteiger partial charge is 0.325 e. The predicted octanol–water partition coefficient (Wildman–Crippen LogP) is 3.07. The van der Waals surface area contributed by atoms with E-state index in [1.807, 2.05) is 0 Å². The van der Waals surface area contributed by atoms with Gasteiger partial charge in [-0.25, -0.2) is 8.42 Å². The number of halogens is 1. The van der Waals surface area contributed by atoms with Crippen LogP contribution in [-0.4, -0.2) is 50.4 Å². The molecule has 1 amide bonds. The standard InChI is InChI=1S/C21H23ClN2O6S/c1-14(20(25)23-17-6-3-4-8-19(17)29-2)30-21(26)18-7-5-13-24(18)31(27,28)16-11-9-15(22)10-12-16/h3-4,6,8-12,14,18H,5,7,13H2,1-2H3,(H,23,25)/t14-,18-/m0/s1. The lowest BCUT2D eigenvalue weighted by molar-refractivity contribution is -0.156. The number of ether oxygens (including phenoxy) is 2. The molecule has 0 saturated carbocycles. The van der Waals surface area contributed by atoms with Crippen molar-refractivity contribution in [3.05, 3.63) is 53.6 Å². The highest BCUT2D eigenvalue weighted by Gasteiger charge is 2.41. The minimum atomic E-state index is -3.91. The van der Waals surface area contributed by atoms with E-state index in [0.29, 0.717) is 29.3 Å². The van der Waals surface area contributed by atoms with E-state index in [9.17, 15) is 18.0 Å². The van der Waals surface area contributed by atoms with Gasteiger partial charge >= 0.3 is 5.97 Å². The molecule has 0 aliphatic carbocycles. The van der Waals surface area contributed by atoms with E-state index in [1.54, 1.807) is 24.3 Å². The molecular weight excluding hydrogens is 444 g/mol. The van der Waals surface area contributed by atoms with Crippen molar-refractivity contribution in [1.29, 1.82) is 0 Å². The van der Waals surface area contributed by atoms with Gasteiger partial charge in [-0.15, -0.1) is 0 Å². The maximum Gasteiger partial charge on any atom is 0.325 e. The summed E-state index contributed by atoms with van der Waals surface area (Å²) >= 11 is 5.84. The van der Waals surface area contributed by atoms with Crippen molar-refractivity contribution >= 4 is 39.2 Å². The fraction of sp³-hybridized carbons (Fsp3) is 0.333. The Kier molecular flexibility index (Phi) is 7.19. The topological polar surface area (TPSA) is 102 Å². The predicted molar refractivity (Wildman–Crippen MR) is 116 cm³/mol. The number of carbonyl (C=O) groups is 2. The number of esters is 1. The van der Waals surface area contributed by atoms with Crippen molar-refractivity contribution in [1.82, 2.24) is 4.31 Å². The van der Waals surface area contributed by atoms with E-state index < -0.39 is 34.0 Å². The number of anilines is 1. The van der Waals surface area contributed by atoms with E-state index >= 15 is 0 Å². The molecule has 0 aromatic heterocycles. The van der Waals surface area contributed by atoms with Crippen LogP contribution in [0.2, 0.25) is 5.02 Å². The highest BCUT2D eigenvalue weighted by Crippen LogP contribution is 2.28. The summed E-state index contributed by atoms with van der Waals surface area (Å²) in [5.41, 5.74) is 0.436. The minimum absolute atomic E-state index is 0.0403. The van der Waals surface area contributed by atoms with Crippen LogP contribution in [0.25, 0.3) is 0 Å². The van der Waals surface area contributed by atoms with Crippen LogP contribution in [0, 0.1) is 0 Å². The Labute approximate surface area is 186 Å². The second-order valence-corrected chi connectivity index (χ2v) is 9.32. The van der Waals surface area contributed by atoms with Crippen LogP contribution in [0.15, 0.2) is 53.4 Å². The van der Waals surface area contributed by atoms with Gasteiger partial charge in [-0.05, 0) is 56.2 Å². The molecule has 2 aromatic rings. The van der Waals surface area contributed by atoms with E-state index in [0.717, 1.165) is 4.31 Å². The summed E-state index contributed by atoms with van der Waals surface area (Å²) in [7, 11) is -2.43. The van der Waals surface area contributed by atoms with Gasteiger partial charge < -0.3 is 14.8 Å². The van der Waals surface area contributed by atoms with Crippen LogP contribution in [0.5, 0.6) is 5.75 Å². The summed E-state index contributed by atoms with van der Waals surface area (Å²) in [4.78, 5) is 25.2. The maximum atomic E-state index is 13.0. The first-order valence-electron chi connectivity index (χ1n) is 9.66. The molecule has 0 radical (unpaired) electrons. The summed E-state index contributed by atoms with van der Waals surface area (Å²) in [5, 5.41) is 3.05. The zero-order valence-corrected chi connectivity index (χ0v) is 18.7. The Morgan fingerprint density at radius 1 is 1.16 bits per heavy atom. The van der Waals surface area contributed by atoms with E-state index in [1.165, 1.54) is 38.3 Å². The molecule has 0 bridgehead atoms. The minimum Gasteiger partial charge on any atom is -0.495 e. The first kappa shape index (κ1) is 23.1. The first-order valence-corrected chi connectivity index (χ1v) is 11.5. The average Bonchev–Trinajstić information content (AvgIpc) is 3.25. The van der Waals surface area contributed by atoms with E-state index in [4.69, 9.17) is 21.1 Å². The fourth-order valence-electron chi connectivity index (χ4n) is 3.29. The van der Waals surface area contributed by atoms with Gasteiger partial charge in [-0.3, -0.25) is 9.59 Å². The van der Waals surface area contributed by atoms with Crippen LogP contribution in [0.4, 0.5) is 5.69 Å². The zero-order valence-electron chi connectivity index (χ0n) is 17.1. The molecule has 1 heterocycles. The molecule has 0 spiro atoms. The molecule has 8 nitrogen and oxygen atoms in total. The van der Waals surface area contributed by atoms with Crippen molar-refractivity contribution in [2.45, 2.75) is 36.8 Å². The molecule has 0 unspecified atom stereocenters. The number of hydrogen-bond acceptors (Lipinski definition) is 6. The van der Waals surface area contributed by atoms with Gasteiger partial charge in [0.1, 0.15) is 11.8 Å². The molecule has 10 heteroatoms. The number of amides is 1. The summed E-state index contributed by atoms with van der Waals surface area (Å²) in [6.45, 7) is 1.61. The van der Waals surface area contributed by atoms with Crippen molar-refractivity contribution in [2.75, 3.05) is 19.0 Å². The van der Waals surface area contributed by atoms with Crippen LogP contribution < -0.4 is 10.1 Å². The second-order valence-electron chi connectivity index (χ2n) is 7.00. The fourth-order valence-corrected chi connectivity index (χ4v) is 5.07. The molecule has 1 fully saturated rings.